The number of nitrogens with one attached hydrogen (secondary N) is 1. The SMILES string of the molecule is CCNC(=O)CC(C(=O)O)c1cccc(Br)c1. The van der Waals surface area contributed by atoms with Gasteiger partial charge in [-0.15, -0.1) is 0 Å². The number of hydrogen-bond acceptors (Lipinski definition) is 2. The third-order valence-electron chi connectivity index (χ3n) is 2.31. The van der Waals surface area contributed by atoms with E-state index in [0.717, 1.165) is 4.47 Å². The lowest BCUT2D eigenvalue weighted by Gasteiger charge is -2.12. The van der Waals surface area contributed by atoms with E-state index in [1.165, 1.54) is 0 Å². The van der Waals surface area contributed by atoms with Gasteiger partial charge in [0.25, 0.3) is 0 Å². The lowest BCUT2D eigenvalue weighted by Crippen LogP contribution is -2.27. The van der Waals surface area contributed by atoms with Crippen LogP contribution in [0, 0.1) is 0 Å². The number of carboxylic acid groups (broad SMARTS) is 1. The predicted molar refractivity (Wildman–Crippen MR) is 67.8 cm³/mol. The minimum absolute atomic E-state index is 0.0420. The number of aliphatic carboxylic acids is 1. The first-order valence-electron chi connectivity index (χ1n) is 5.29. The lowest BCUT2D eigenvalue weighted by molar-refractivity contribution is -0.140. The molecule has 0 aliphatic heterocycles. The van der Waals surface area contributed by atoms with E-state index in [1.807, 2.05) is 6.07 Å². The highest BCUT2D eigenvalue weighted by atomic mass is 79.9. The summed E-state index contributed by atoms with van der Waals surface area (Å²) in [5.41, 5.74) is 0.623. The summed E-state index contributed by atoms with van der Waals surface area (Å²) in [6.07, 6.45) is -0.0420. The Kier molecular flexibility index (Phi) is 5.15. The van der Waals surface area contributed by atoms with Gasteiger partial charge in [0.15, 0.2) is 0 Å². The van der Waals surface area contributed by atoms with Crippen molar-refractivity contribution in [1.29, 1.82) is 0 Å². The standard InChI is InChI=1S/C12H14BrNO3/c1-2-14-11(15)7-10(12(16)17)8-4-3-5-9(13)6-8/h3-6,10H,2,7H2,1H3,(H,14,15)(H,16,17). The van der Waals surface area contributed by atoms with Gasteiger partial charge in [0.05, 0.1) is 5.92 Å². The molecule has 5 heteroatoms. The van der Waals surface area contributed by atoms with Crippen LogP contribution in [-0.4, -0.2) is 23.5 Å². The summed E-state index contributed by atoms with van der Waals surface area (Å²) in [6.45, 7) is 2.30. The molecule has 1 amide bonds. The first-order chi connectivity index (χ1) is 8.04. The summed E-state index contributed by atoms with van der Waals surface area (Å²) in [7, 11) is 0. The maximum atomic E-state index is 11.4. The van der Waals surface area contributed by atoms with Crippen LogP contribution in [0.25, 0.3) is 0 Å². The number of benzene rings is 1. The first kappa shape index (κ1) is 13.7. The molecule has 0 aliphatic rings. The smallest absolute Gasteiger partial charge is 0.311 e. The Bertz CT molecular complexity index is 420. The third-order valence-corrected chi connectivity index (χ3v) is 2.81. The molecule has 17 heavy (non-hydrogen) atoms. The average Bonchev–Trinajstić information content (AvgIpc) is 2.26. The van der Waals surface area contributed by atoms with Gasteiger partial charge in [0, 0.05) is 17.4 Å². The molecule has 92 valence electrons. The van der Waals surface area contributed by atoms with Crippen LogP contribution in [-0.2, 0) is 9.59 Å². The van der Waals surface area contributed by atoms with Crippen LogP contribution < -0.4 is 5.32 Å². The molecule has 0 aliphatic carbocycles. The van der Waals surface area contributed by atoms with Crippen LogP contribution >= 0.6 is 15.9 Å². The summed E-state index contributed by atoms with van der Waals surface area (Å²) in [5.74, 6) is -2.05. The summed E-state index contributed by atoms with van der Waals surface area (Å²) >= 11 is 3.28. The van der Waals surface area contributed by atoms with Crippen molar-refractivity contribution < 1.29 is 14.7 Å². The van der Waals surface area contributed by atoms with E-state index >= 15 is 0 Å². The minimum atomic E-state index is -0.991. The van der Waals surface area contributed by atoms with Crippen molar-refractivity contribution in [3.8, 4) is 0 Å². The number of amides is 1. The molecule has 0 bridgehead atoms. The highest BCUT2D eigenvalue weighted by molar-refractivity contribution is 9.10. The molecule has 1 aromatic rings. The van der Waals surface area contributed by atoms with Gasteiger partial charge in [0.2, 0.25) is 5.91 Å². The van der Waals surface area contributed by atoms with Gasteiger partial charge in [-0.2, -0.15) is 0 Å². The molecule has 0 radical (unpaired) electrons. The molecule has 0 saturated carbocycles. The van der Waals surface area contributed by atoms with E-state index in [0.29, 0.717) is 12.1 Å². The zero-order chi connectivity index (χ0) is 12.8. The van der Waals surface area contributed by atoms with E-state index in [1.54, 1.807) is 25.1 Å². The van der Waals surface area contributed by atoms with Gasteiger partial charge in [0.1, 0.15) is 0 Å². The predicted octanol–water partition coefficient (Wildman–Crippen LogP) is 2.14. The molecule has 0 fully saturated rings. The quantitative estimate of drug-likeness (QED) is 0.875. The number of carbonyl (C=O) groups excluding carboxylic acids is 1. The zero-order valence-corrected chi connectivity index (χ0v) is 11.0. The summed E-state index contributed by atoms with van der Waals surface area (Å²) in [5, 5.41) is 11.7. The number of hydrogen-bond donors (Lipinski definition) is 2. The molecule has 1 atom stereocenters. The number of rotatable bonds is 5. The van der Waals surface area contributed by atoms with Crippen LogP contribution in [0.3, 0.4) is 0 Å². The van der Waals surface area contributed by atoms with Crippen molar-refractivity contribution >= 4 is 27.8 Å². The van der Waals surface area contributed by atoms with Gasteiger partial charge >= 0.3 is 5.97 Å². The summed E-state index contributed by atoms with van der Waals surface area (Å²) in [4.78, 5) is 22.6. The number of carboxylic acids is 1. The van der Waals surface area contributed by atoms with Crippen LogP contribution in [0.5, 0.6) is 0 Å². The maximum absolute atomic E-state index is 11.4. The molecule has 1 aromatic carbocycles. The van der Waals surface area contributed by atoms with Crippen LogP contribution in [0.4, 0.5) is 0 Å². The molecule has 1 unspecified atom stereocenters. The molecule has 4 nitrogen and oxygen atoms in total. The largest absolute Gasteiger partial charge is 0.481 e. The fourth-order valence-electron chi connectivity index (χ4n) is 1.53. The Hall–Kier alpha value is -1.36. The molecule has 2 N–H and O–H groups in total. The molecular weight excluding hydrogens is 286 g/mol. The minimum Gasteiger partial charge on any atom is -0.481 e. The van der Waals surface area contributed by atoms with Gasteiger partial charge in [-0.25, -0.2) is 0 Å². The molecule has 1 rings (SSSR count). The molecule has 0 spiro atoms. The fraction of sp³-hybridized carbons (Fsp3) is 0.333. The van der Waals surface area contributed by atoms with E-state index < -0.39 is 11.9 Å². The molecule has 0 aromatic heterocycles. The van der Waals surface area contributed by atoms with Crippen LogP contribution in [0.1, 0.15) is 24.8 Å². The summed E-state index contributed by atoms with van der Waals surface area (Å²) < 4.78 is 0.803. The van der Waals surface area contributed by atoms with E-state index in [2.05, 4.69) is 21.2 Å². The normalized spacial score (nSPS) is 11.9. The van der Waals surface area contributed by atoms with Gasteiger partial charge < -0.3 is 10.4 Å². The number of carbonyl (C=O) groups is 2. The topological polar surface area (TPSA) is 66.4 Å². The highest BCUT2D eigenvalue weighted by Gasteiger charge is 2.23. The van der Waals surface area contributed by atoms with Gasteiger partial charge in [-0.05, 0) is 24.6 Å². The molecule has 0 saturated heterocycles. The van der Waals surface area contributed by atoms with E-state index in [9.17, 15) is 9.59 Å². The van der Waals surface area contributed by atoms with E-state index in [4.69, 9.17) is 5.11 Å². The van der Waals surface area contributed by atoms with Crippen molar-refractivity contribution in [2.24, 2.45) is 0 Å². The van der Waals surface area contributed by atoms with E-state index in [-0.39, 0.29) is 12.3 Å². The second-order valence-electron chi connectivity index (χ2n) is 3.60. The van der Waals surface area contributed by atoms with Gasteiger partial charge in [-0.1, -0.05) is 28.1 Å². The average molecular weight is 300 g/mol. The lowest BCUT2D eigenvalue weighted by atomic mass is 9.95. The van der Waals surface area contributed by atoms with Crippen molar-refractivity contribution in [2.45, 2.75) is 19.3 Å². The van der Waals surface area contributed by atoms with Crippen LogP contribution in [0.2, 0.25) is 0 Å². The summed E-state index contributed by atoms with van der Waals surface area (Å²) in [6, 6.07) is 7.00. The Morgan fingerprint density at radius 3 is 2.71 bits per heavy atom. The van der Waals surface area contributed by atoms with Crippen molar-refractivity contribution in [3.05, 3.63) is 34.3 Å². The monoisotopic (exact) mass is 299 g/mol. The van der Waals surface area contributed by atoms with Crippen molar-refractivity contribution in [3.63, 3.8) is 0 Å². The second kappa shape index (κ2) is 6.39. The Labute approximate surface area is 108 Å². The Morgan fingerprint density at radius 2 is 2.18 bits per heavy atom. The first-order valence-corrected chi connectivity index (χ1v) is 6.09. The van der Waals surface area contributed by atoms with Crippen molar-refractivity contribution in [1.82, 2.24) is 5.32 Å². The molecule has 0 heterocycles. The second-order valence-corrected chi connectivity index (χ2v) is 4.52. The zero-order valence-electron chi connectivity index (χ0n) is 9.44. The highest BCUT2D eigenvalue weighted by Crippen LogP contribution is 2.23. The third kappa shape index (κ3) is 4.19. The van der Waals surface area contributed by atoms with Gasteiger partial charge in [-0.3, -0.25) is 9.59 Å². The molecular formula is C12H14BrNO3. The number of halogens is 1. The maximum Gasteiger partial charge on any atom is 0.311 e. The Balaban J connectivity index is 2.86. The fourth-order valence-corrected chi connectivity index (χ4v) is 1.94. The van der Waals surface area contributed by atoms with Crippen molar-refractivity contribution in [2.75, 3.05) is 6.54 Å². The van der Waals surface area contributed by atoms with Crippen LogP contribution in [0.15, 0.2) is 28.7 Å². The Morgan fingerprint density at radius 1 is 1.47 bits per heavy atom.